The summed E-state index contributed by atoms with van der Waals surface area (Å²) in [5, 5.41) is 0. The first-order valence-electron chi connectivity index (χ1n) is 8.17. The summed E-state index contributed by atoms with van der Waals surface area (Å²) in [6, 6.07) is 0.934. The van der Waals surface area contributed by atoms with E-state index in [1.807, 2.05) is 0 Å². The molecule has 3 nitrogen and oxygen atoms in total. The standard InChI is InChI=1S/C17H20BBrF5NO2/c1-15(2)16(3,4)27-18(26-15)14(21)11(8-13(25)17(22,23)24)10-6-5-9(20)7-12(10)19/h5-7,13H,8,25H2,1-4H3. The van der Waals surface area contributed by atoms with E-state index >= 15 is 4.39 Å². The topological polar surface area (TPSA) is 44.5 Å². The Balaban J connectivity index is 2.53. The lowest BCUT2D eigenvalue weighted by Gasteiger charge is -2.32. The summed E-state index contributed by atoms with van der Waals surface area (Å²) in [6.07, 6.45) is -5.59. The van der Waals surface area contributed by atoms with E-state index in [1.165, 1.54) is 6.07 Å². The lowest BCUT2D eigenvalue weighted by molar-refractivity contribution is -0.146. The third-order valence-corrected chi connectivity index (χ3v) is 5.51. The minimum atomic E-state index is -4.73. The van der Waals surface area contributed by atoms with Crippen molar-refractivity contribution in [1.29, 1.82) is 0 Å². The normalized spacial score (nSPS) is 21.2. The van der Waals surface area contributed by atoms with Crippen LogP contribution in [0.15, 0.2) is 28.4 Å². The predicted octanol–water partition coefficient (Wildman–Crippen LogP) is 5.18. The molecule has 0 radical (unpaired) electrons. The van der Waals surface area contributed by atoms with Gasteiger partial charge >= 0.3 is 13.3 Å². The molecule has 1 aromatic carbocycles. The van der Waals surface area contributed by atoms with E-state index < -0.39 is 48.5 Å². The van der Waals surface area contributed by atoms with Gasteiger partial charge in [0.25, 0.3) is 0 Å². The first kappa shape index (κ1) is 22.3. The highest BCUT2D eigenvalue weighted by Crippen LogP contribution is 2.42. The molecule has 2 N–H and O–H groups in total. The van der Waals surface area contributed by atoms with E-state index in [1.54, 1.807) is 27.7 Å². The van der Waals surface area contributed by atoms with Crippen LogP contribution < -0.4 is 5.73 Å². The van der Waals surface area contributed by atoms with E-state index in [0.717, 1.165) is 12.1 Å². The maximum Gasteiger partial charge on any atom is 0.525 e. The zero-order valence-corrected chi connectivity index (χ0v) is 16.8. The summed E-state index contributed by atoms with van der Waals surface area (Å²) in [7, 11) is -1.50. The first-order valence-corrected chi connectivity index (χ1v) is 8.97. The maximum atomic E-state index is 15.3. The van der Waals surface area contributed by atoms with E-state index in [0.29, 0.717) is 0 Å². The molecule has 0 saturated carbocycles. The molecule has 1 atom stereocenters. The number of alkyl halides is 3. The predicted molar refractivity (Wildman–Crippen MR) is 96.9 cm³/mol. The molecule has 1 saturated heterocycles. The molecule has 0 amide bonds. The second-order valence-corrected chi connectivity index (χ2v) is 8.25. The van der Waals surface area contributed by atoms with Crippen LogP contribution in [0.25, 0.3) is 5.57 Å². The van der Waals surface area contributed by atoms with Crippen molar-refractivity contribution >= 4 is 28.6 Å². The number of rotatable bonds is 4. The van der Waals surface area contributed by atoms with Crippen LogP contribution in [0, 0.1) is 5.82 Å². The second-order valence-electron chi connectivity index (χ2n) is 7.39. The molecular formula is C17H20BBrF5NO2. The maximum absolute atomic E-state index is 15.3. The molecule has 1 fully saturated rings. The summed E-state index contributed by atoms with van der Waals surface area (Å²) in [4.78, 5) is 0. The molecule has 1 unspecified atom stereocenters. The number of halogens is 6. The van der Waals surface area contributed by atoms with Crippen LogP contribution in [0.5, 0.6) is 0 Å². The molecule has 0 spiro atoms. The van der Waals surface area contributed by atoms with Gasteiger partial charge in [-0.1, -0.05) is 22.0 Å². The highest BCUT2D eigenvalue weighted by Gasteiger charge is 2.54. The third-order valence-electron chi connectivity index (χ3n) is 4.85. The number of nitrogens with two attached hydrogens (primary N) is 1. The molecule has 10 heteroatoms. The van der Waals surface area contributed by atoms with Crippen molar-refractivity contribution in [1.82, 2.24) is 0 Å². The van der Waals surface area contributed by atoms with E-state index in [4.69, 9.17) is 15.0 Å². The highest BCUT2D eigenvalue weighted by atomic mass is 79.9. The van der Waals surface area contributed by atoms with Gasteiger partial charge < -0.3 is 15.0 Å². The Hall–Kier alpha value is -0.965. The van der Waals surface area contributed by atoms with Gasteiger partial charge in [-0.2, -0.15) is 13.2 Å². The van der Waals surface area contributed by atoms with Crippen LogP contribution in [0.1, 0.15) is 39.7 Å². The Morgan fingerprint density at radius 1 is 1.19 bits per heavy atom. The van der Waals surface area contributed by atoms with Gasteiger partial charge in [0, 0.05) is 4.47 Å². The molecule has 1 aliphatic heterocycles. The Morgan fingerprint density at radius 3 is 2.15 bits per heavy atom. The highest BCUT2D eigenvalue weighted by molar-refractivity contribution is 9.10. The van der Waals surface area contributed by atoms with Gasteiger partial charge in [-0.25, -0.2) is 8.78 Å². The Morgan fingerprint density at radius 2 is 1.70 bits per heavy atom. The average molecular weight is 456 g/mol. The summed E-state index contributed by atoms with van der Waals surface area (Å²) < 4.78 is 78.8. The molecule has 0 aliphatic carbocycles. The molecule has 150 valence electrons. The molecular weight excluding hydrogens is 436 g/mol. The smallest absolute Gasteiger partial charge is 0.398 e. The molecule has 1 aromatic rings. The monoisotopic (exact) mass is 455 g/mol. The Bertz CT molecular complexity index is 735. The van der Waals surface area contributed by atoms with Crippen molar-refractivity contribution in [3.8, 4) is 0 Å². The zero-order valence-electron chi connectivity index (χ0n) is 15.3. The van der Waals surface area contributed by atoms with Crippen LogP contribution in [0.3, 0.4) is 0 Å². The van der Waals surface area contributed by atoms with Gasteiger partial charge in [0.05, 0.1) is 11.2 Å². The fourth-order valence-electron chi connectivity index (χ4n) is 2.49. The minimum Gasteiger partial charge on any atom is -0.398 e. The molecule has 27 heavy (non-hydrogen) atoms. The van der Waals surface area contributed by atoms with Crippen molar-refractivity contribution < 1.29 is 31.3 Å². The SMILES string of the molecule is CC1(C)OB(C(F)=C(CC(N)C(F)(F)F)c2ccc(F)cc2Br)OC1(C)C. The molecule has 0 aromatic heterocycles. The number of hydrogen-bond donors (Lipinski definition) is 1. The largest absolute Gasteiger partial charge is 0.525 e. The summed E-state index contributed by atoms with van der Waals surface area (Å²) in [6.45, 7) is 6.76. The number of benzene rings is 1. The molecule has 2 rings (SSSR count). The van der Waals surface area contributed by atoms with E-state index in [2.05, 4.69) is 15.9 Å². The lowest BCUT2D eigenvalue weighted by atomic mass is 9.81. The van der Waals surface area contributed by atoms with Gasteiger partial charge in [0.15, 0.2) is 0 Å². The van der Waals surface area contributed by atoms with E-state index in [9.17, 15) is 17.6 Å². The van der Waals surface area contributed by atoms with Crippen molar-refractivity contribution in [3.05, 3.63) is 39.8 Å². The Kier molecular flexibility index (Phi) is 6.17. The van der Waals surface area contributed by atoms with Gasteiger partial charge in [-0.3, -0.25) is 0 Å². The first-order chi connectivity index (χ1) is 12.2. The molecule has 1 aliphatic rings. The van der Waals surface area contributed by atoms with Crippen LogP contribution in [-0.4, -0.2) is 30.5 Å². The fraction of sp³-hybridized carbons (Fsp3) is 0.529. The quantitative estimate of drug-likeness (QED) is 0.502. The van der Waals surface area contributed by atoms with Crippen molar-refractivity contribution in [2.24, 2.45) is 5.73 Å². The summed E-state index contributed by atoms with van der Waals surface area (Å²) >= 11 is 3.07. The Labute approximate surface area is 163 Å². The van der Waals surface area contributed by atoms with Crippen molar-refractivity contribution in [2.45, 2.75) is 57.5 Å². The minimum absolute atomic E-state index is 0.0447. The van der Waals surface area contributed by atoms with Crippen molar-refractivity contribution in [2.75, 3.05) is 0 Å². The van der Waals surface area contributed by atoms with Gasteiger partial charge in [-0.05, 0) is 57.4 Å². The lowest BCUT2D eigenvalue weighted by Crippen LogP contribution is -2.41. The zero-order chi connectivity index (χ0) is 20.8. The van der Waals surface area contributed by atoms with Crippen LogP contribution in [0.2, 0.25) is 0 Å². The third kappa shape index (κ3) is 4.72. The molecule has 1 heterocycles. The number of hydrogen-bond acceptors (Lipinski definition) is 3. The fourth-order valence-corrected chi connectivity index (χ4v) is 3.08. The van der Waals surface area contributed by atoms with Crippen LogP contribution >= 0.6 is 15.9 Å². The summed E-state index contributed by atoms with van der Waals surface area (Å²) in [5.74, 6) is -0.624. The van der Waals surface area contributed by atoms with Crippen LogP contribution in [0.4, 0.5) is 22.0 Å². The molecule has 0 bridgehead atoms. The van der Waals surface area contributed by atoms with Gasteiger partial charge in [0.2, 0.25) is 0 Å². The van der Waals surface area contributed by atoms with Gasteiger partial charge in [-0.15, -0.1) is 0 Å². The average Bonchev–Trinajstić information content (AvgIpc) is 2.72. The van der Waals surface area contributed by atoms with Crippen molar-refractivity contribution in [3.63, 3.8) is 0 Å². The van der Waals surface area contributed by atoms with Gasteiger partial charge in [0.1, 0.15) is 17.6 Å². The second kappa shape index (κ2) is 7.46. The van der Waals surface area contributed by atoms with E-state index in [-0.39, 0.29) is 15.6 Å². The van der Waals surface area contributed by atoms with Crippen LogP contribution in [-0.2, 0) is 9.31 Å². The summed E-state index contributed by atoms with van der Waals surface area (Å²) in [5.41, 5.74) is 2.11.